The lowest BCUT2D eigenvalue weighted by Gasteiger charge is -2.10. The highest BCUT2D eigenvalue weighted by Gasteiger charge is 2.11. The molecule has 1 atom stereocenters. The summed E-state index contributed by atoms with van der Waals surface area (Å²) in [5, 5.41) is 3.44. The number of amides is 1. The predicted molar refractivity (Wildman–Crippen MR) is 70.3 cm³/mol. The highest BCUT2D eigenvalue weighted by molar-refractivity contribution is 9.09. The van der Waals surface area contributed by atoms with Crippen molar-refractivity contribution in [3.05, 3.63) is 29.8 Å². The monoisotopic (exact) mass is 319 g/mol. The normalized spacial score (nSPS) is 13.1. The van der Waals surface area contributed by atoms with E-state index in [2.05, 4.69) is 21.2 Å². The molecule has 0 aliphatic heterocycles. The molecule has 17 heavy (non-hydrogen) atoms. The fourth-order valence-corrected chi connectivity index (χ4v) is 1.99. The molecule has 1 unspecified atom stereocenters. The standard InChI is InChI=1S/C11H14BrNO3S/c1-8(7-12)13-11(14)9-3-5-10(6-4-9)17(2,15)16/h3-6,8H,7H2,1-2H3,(H,13,14). The van der Waals surface area contributed by atoms with Crippen LogP contribution in [0.1, 0.15) is 17.3 Å². The van der Waals surface area contributed by atoms with E-state index in [1.165, 1.54) is 24.3 Å². The molecule has 4 nitrogen and oxygen atoms in total. The number of hydrogen-bond donors (Lipinski definition) is 1. The molecule has 0 aromatic heterocycles. The van der Waals surface area contributed by atoms with Gasteiger partial charge in [-0.25, -0.2) is 8.42 Å². The summed E-state index contributed by atoms with van der Waals surface area (Å²) in [6.45, 7) is 1.87. The van der Waals surface area contributed by atoms with Crippen LogP contribution < -0.4 is 5.32 Å². The number of hydrogen-bond acceptors (Lipinski definition) is 3. The molecule has 0 saturated carbocycles. The summed E-state index contributed by atoms with van der Waals surface area (Å²) < 4.78 is 22.5. The Hall–Kier alpha value is -0.880. The zero-order chi connectivity index (χ0) is 13.1. The molecule has 1 N–H and O–H groups in total. The Morgan fingerprint density at radius 1 is 1.35 bits per heavy atom. The minimum Gasteiger partial charge on any atom is -0.349 e. The van der Waals surface area contributed by atoms with E-state index in [0.717, 1.165) is 6.26 Å². The second-order valence-electron chi connectivity index (χ2n) is 3.83. The third-order valence-corrected chi connectivity index (χ3v) is 4.25. The van der Waals surface area contributed by atoms with E-state index in [4.69, 9.17) is 0 Å². The topological polar surface area (TPSA) is 63.2 Å². The summed E-state index contributed by atoms with van der Waals surface area (Å²) in [6, 6.07) is 5.91. The largest absolute Gasteiger partial charge is 0.349 e. The minimum atomic E-state index is -3.21. The smallest absolute Gasteiger partial charge is 0.251 e. The molecule has 0 radical (unpaired) electrons. The van der Waals surface area contributed by atoms with Gasteiger partial charge in [0.1, 0.15) is 0 Å². The van der Waals surface area contributed by atoms with Crippen molar-refractivity contribution >= 4 is 31.7 Å². The van der Waals surface area contributed by atoms with Crippen molar-refractivity contribution in [1.82, 2.24) is 5.32 Å². The van der Waals surface area contributed by atoms with E-state index in [1.54, 1.807) is 0 Å². The van der Waals surface area contributed by atoms with Gasteiger partial charge in [-0.15, -0.1) is 0 Å². The molecule has 0 aliphatic carbocycles. The average Bonchev–Trinajstić information content (AvgIpc) is 2.27. The van der Waals surface area contributed by atoms with Gasteiger partial charge in [0.05, 0.1) is 4.90 Å². The molecule has 1 aromatic rings. The maximum absolute atomic E-state index is 11.7. The maximum Gasteiger partial charge on any atom is 0.251 e. The quantitative estimate of drug-likeness (QED) is 0.857. The average molecular weight is 320 g/mol. The van der Waals surface area contributed by atoms with Gasteiger partial charge in [0, 0.05) is 23.2 Å². The molecule has 94 valence electrons. The Morgan fingerprint density at radius 2 is 1.88 bits per heavy atom. The van der Waals surface area contributed by atoms with E-state index in [9.17, 15) is 13.2 Å². The fourth-order valence-electron chi connectivity index (χ4n) is 1.20. The molecule has 0 spiro atoms. The van der Waals surface area contributed by atoms with Gasteiger partial charge in [0.15, 0.2) is 9.84 Å². The second-order valence-corrected chi connectivity index (χ2v) is 6.49. The van der Waals surface area contributed by atoms with Gasteiger partial charge in [-0.1, -0.05) is 15.9 Å². The molecular weight excluding hydrogens is 306 g/mol. The van der Waals surface area contributed by atoms with Crippen LogP contribution in [0.5, 0.6) is 0 Å². The summed E-state index contributed by atoms with van der Waals surface area (Å²) in [7, 11) is -3.21. The first-order chi connectivity index (χ1) is 7.84. The van der Waals surface area contributed by atoms with Gasteiger partial charge in [-0.3, -0.25) is 4.79 Å². The summed E-state index contributed by atoms with van der Waals surface area (Å²) in [5.74, 6) is -0.211. The van der Waals surface area contributed by atoms with Crippen LogP contribution in [0.4, 0.5) is 0 Å². The van der Waals surface area contributed by atoms with E-state index in [1.807, 2.05) is 6.92 Å². The Morgan fingerprint density at radius 3 is 2.29 bits per heavy atom. The predicted octanol–water partition coefficient (Wildman–Crippen LogP) is 1.60. The molecule has 0 fully saturated rings. The minimum absolute atomic E-state index is 0.0251. The van der Waals surface area contributed by atoms with E-state index < -0.39 is 9.84 Å². The van der Waals surface area contributed by atoms with Crippen molar-refractivity contribution in [3.8, 4) is 0 Å². The highest BCUT2D eigenvalue weighted by atomic mass is 79.9. The van der Waals surface area contributed by atoms with Gasteiger partial charge in [0.25, 0.3) is 5.91 Å². The molecule has 1 amide bonds. The van der Waals surface area contributed by atoms with Crippen LogP contribution in [0.2, 0.25) is 0 Å². The van der Waals surface area contributed by atoms with Crippen molar-refractivity contribution in [1.29, 1.82) is 0 Å². The fraction of sp³-hybridized carbons (Fsp3) is 0.364. The van der Waals surface area contributed by atoms with Crippen molar-refractivity contribution in [2.45, 2.75) is 17.9 Å². The number of halogens is 1. The molecule has 0 saturated heterocycles. The number of alkyl halides is 1. The van der Waals surface area contributed by atoms with Crippen LogP contribution >= 0.6 is 15.9 Å². The van der Waals surface area contributed by atoms with Crippen LogP contribution in [-0.4, -0.2) is 32.0 Å². The lowest BCUT2D eigenvalue weighted by Crippen LogP contribution is -2.33. The Labute approximate surface area is 109 Å². The highest BCUT2D eigenvalue weighted by Crippen LogP contribution is 2.10. The first-order valence-corrected chi connectivity index (χ1v) is 8.03. The zero-order valence-corrected chi connectivity index (χ0v) is 12.0. The van der Waals surface area contributed by atoms with Gasteiger partial charge in [-0.05, 0) is 31.2 Å². The molecule has 6 heteroatoms. The van der Waals surface area contributed by atoms with Gasteiger partial charge < -0.3 is 5.32 Å². The van der Waals surface area contributed by atoms with Crippen LogP contribution in [-0.2, 0) is 9.84 Å². The maximum atomic E-state index is 11.7. The van der Waals surface area contributed by atoms with Crippen LogP contribution in [0.25, 0.3) is 0 Å². The van der Waals surface area contributed by atoms with Crippen molar-refractivity contribution in [2.24, 2.45) is 0 Å². The number of benzene rings is 1. The van der Waals surface area contributed by atoms with Crippen molar-refractivity contribution in [3.63, 3.8) is 0 Å². The van der Waals surface area contributed by atoms with Crippen molar-refractivity contribution in [2.75, 3.05) is 11.6 Å². The van der Waals surface area contributed by atoms with E-state index >= 15 is 0 Å². The summed E-state index contributed by atoms with van der Waals surface area (Å²) >= 11 is 3.26. The first kappa shape index (κ1) is 14.2. The van der Waals surface area contributed by atoms with E-state index in [0.29, 0.717) is 10.9 Å². The van der Waals surface area contributed by atoms with Crippen LogP contribution in [0.3, 0.4) is 0 Å². The summed E-state index contributed by atoms with van der Waals surface area (Å²) in [4.78, 5) is 11.9. The van der Waals surface area contributed by atoms with Gasteiger partial charge in [0.2, 0.25) is 0 Å². The molecule has 1 aromatic carbocycles. The number of carbonyl (C=O) groups excluding carboxylic acids is 1. The summed E-state index contributed by atoms with van der Waals surface area (Å²) in [5.41, 5.74) is 0.449. The molecule has 0 aliphatic rings. The molecular formula is C11H14BrNO3S. The summed E-state index contributed by atoms with van der Waals surface area (Å²) in [6.07, 6.45) is 1.13. The van der Waals surface area contributed by atoms with Crippen LogP contribution in [0.15, 0.2) is 29.2 Å². The molecule has 0 heterocycles. The Bertz CT molecular complexity index is 496. The SMILES string of the molecule is CC(CBr)NC(=O)c1ccc(S(C)(=O)=O)cc1. The Kier molecular flexibility index (Phi) is 4.70. The lowest BCUT2D eigenvalue weighted by atomic mass is 10.2. The molecule has 0 bridgehead atoms. The first-order valence-electron chi connectivity index (χ1n) is 5.01. The lowest BCUT2D eigenvalue weighted by molar-refractivity contribution is 0.0944. The van der Waals surface area contributed by atoms with E-state index in [-0.39, 0.29) is 16.8 Å². The third kappa shape index (κ3) is 4.12. The third-order valence-electron chi connectivity index (χ3n) is 2.15. The number of nitrogens with one attached hydrogen (secondary N) is 1. The Balaban J connectivity index is 2.85. The van der Waals surface area contributed by atoms with Crippen molar-refractivity contribution < 1.29 is 13.2 Å². The van der Waals surface area contributed by atoms with Gasteiger partial charge >= 0.3 is 0 Å². The second kappa shape index (κ2) is 5.64. The number of carbonyl (C=O) groups is 1. The van der Waals surface area contributed by atoms with Gasteiger partial charge in [-0.2, -0.15) is 0 Å². The van der Waals surface area contributed by atoms with Crippen LogP contribution in [0, 0.1) is 0 Å². The molecule has 1 rings (SSSR count). The number of rotatable bonds is 4. The number of sulfone groups is 1. The zero-order valence-electron chi connectivity index (χ0n) is 9.60.